The highest BCUT2D eigenvalue weighted by Gasteiger charge is 2.34. The van der Waals surface area contributed by atoms with Gasteiger partial charge in [-0.3, -0.25) is 4.99 Å². The van der Waals surface area contributed by atoms with Gasteiger partial charge in [-0.15, -0.1) is 24.0 Å². The van der Waals surface area contributed by atoms with E-state index in [1.54, 1.807) is 0 Å². The van der Waals surface area contributed by atoms with Crippen molar-refractivity contribution in [2.75, 3.05) is 33.4 Å². The van der Waals surface area contributed by atoms with Gasteiger partial charge in [0.2, 0.25) is 0 Å². The molecule has 1 fully saturated rings. The van der Waals surface area contributed by atoms with E-state index in [0.29, 0.717) is 13.2 Å². The molecule has 1 saturated heterocycles. The minimum absolute atomic E-state index is 0. The summed E-state index contributed by atoms with van der Waals surface area (Å²) in [6, 6.07) is 18.9. The van der Waals surface area contributed by atoms with Gasteiger partial charge in [0.1, 0.15) is 5.75 Å². The van der Waals surface area contributed by atoms with Gasteiger partial charge in [-0.25, -0.2) is 0 Å². The molecule has 2 aromatic rings. The maximum absolute atomic E-state index is 5.72. The number of hydrogen-bond donors (Lipinski definition) is 2. The van der Waals surface area contributed by atoms with Crippen molar-refractivity contribution in [2.45, 2.75) is 31.7 Å². The lowest BCUT2D eigenvalue weighted by Crippen LogP contribution is -2.47. The molecule has 1 heterocycles. The van der Waals surface area contributed by atoms with E-state index >= 15 is 0 Å². The van der Waals surface area contributed by atoms with Crippen LogP contribution in [-0.2, 0) is 16.7 Å². The molecule has 5 nitrogen and oxygen atoms in total. The molecule has 0 bridgehead atoms. The van der Waals surface area contributed by atoms with Crippen molar-refractivity contribution in [3.8, 4) is 5.75 Å². The summed E-state index contributed by atoms with van der Waals surface area (Å²) in [6.45, 7) is 5.74. The molecule has 0 amide bonds. The Morgan fingerprint density at radius 3 is 2.41 bits per heavy atom. The summed E-state index contributed by atoms with van der Waals surface area (Å²) in [4.78, 5) is 4.41. The van der Waals surface area contributed by atoms with E-state index in [4.69, 9.17) is 9.47 Å². The molecular formula is C23H32IN3O2. The Balaban J connectivity index is 0.00000300. The highest BCUT2D eigenvalue weighted by molar-refractivity contribution is 14.0. The number of guanidine groups is 1. The Morgan fingerprint density at radius 2 is 1.72 bits per heavy atom. The second kappa shape index (κ2) is 12.0. The first-order valence-electron chi connectivity index (χ1n) is 10.1. The number of nitrogens with zero attached hydrogens (tertiary/aromatic N) is 1. The van der Waals surface area contributed by atoms with Gasteiger partial charge in [0.25, 0.3) is 0 Å². The first kappa shape index (κ1) is 23.5. The average molecular weight is 509 g/mol. The van der Waals surface area contributed by atoms with Crippen LogP contribution in [0, 0.1) is 0 Å². The lowest BCUT2D eigenvalue weighted by Gasteiger charge is -2.38. The van der Waals surface area contributed by atoms with Crippen molar-refractivity contribution in [2.24, 2.45) is 4.99 Å². The lowest BCUT2D eigenvalue weighted by molar-refractivity contribution is 0.0514. The third kappa shape index (κ3) is 6.34. The maximum Gasteiger partial charge on any atom is 0.191 e. The number of benzene rings is 2. The first-order valence-corrected chi connectivity index (χ1v) is 10.1. The van der Waals surface area contributed by atoms with Gasteiger partial charge in [0.05, 0.1) is 6.61 Å². The smallest absolute Gasteiger partial charge is 0.191 e. The van der Waals surface area contributed by atoms with Crippen molar-refractivity contribution >= 4 is 29.9 Å². The molecule has 0 spiro atoms. The largest absolute Gasteiger partial charge is 0.494 e. The highest BCUT2D eigenvalue weighted by atomic mass is 127. The monoisotopic (exact) mass is 509 g/mol. The molecule has 0 atom stereocenters. The van der Waals surface area contributed by atoms with Gasteiger partial charge >= 0.3 is 0 Å². The zero-order chi connectivity index (χ0) is 19.7. The van der Waals surface area contributed by atoms with Gasteiger partial charge in [-0.05, 0) is 31.4 Å². The van der Waals surface area contributed by atoms with Crippen LogP contribution in [0.1, 0.15) is 30.9 Å². The molecule has 3 rings (SSSR count). The number of aliphatic imine (C=N–C) groups is 1. The average Bonchev–Trinajstić information content (AvgIpc) is 2.76. The Labute approximate surface area is 191 Å². The molecule has 29 heavy (non-hydrogen) atoms. The van der Waals surface area contributed by atoms with Gasteiger partial charge in [-0.1, -0.05) is 48.5 Å². The van der Waals surface area contributed by atoms with Crippen LogP contribution < -0.4 is 15.4 Å². The quantitative estimate of drug-likeness (QED) is 0.335. The highest BCUT2D eigenvalue weighted by Crippen LogP contribution is 2.34. The molecule has 1 aliphatic heterocycles. The van der Waals surface area contributed by atoms with Crippen molar-refractivity contribution in [3.05, 3.63) is 65.7 Å². The van der Waals surface area contributed by atoms with Crippen molar-refractivity contribution < 1.29 is 9.47 Å². The Bertz CT molecular complexity index is 762. The SMILES string of the molecule is CCOc1ccccc1CNC(=NC)NCC1(c2ccccc2)CCOCC1.I. The molecule has 1 aliphatic rings. The van der Waals surface area contributed by atoms with Gasteiger partial charge < -0.3 is 20.1 Å². The fraction of sp³-hybridized carbons (Fsp3) is 0.435. The topological polar surface area (TPSA) is 54.9 Å². The molecule has 2 N–H and O–H groups in total. The van der Waals surface area contributed by atoms with Gasteiger partial charge in [0.15, 0.2) is 5.96 Å². The fourth-order valence-corrected chi connectivity index (χ4v) is 3.72. The number of nitrogens with one attached hydrogen (secondary N) is 2. The number of hydrogen-bond acceptors (Lipinski definition) is 3. The fourth-order valence-electron chi connectivity index (χ4n) is 3.72. The zero-order valence-corrected chi connectivity index (χ0v) is 19.6. The van der Waals surface area contributed by atoms with E-state index in [2.05, 4.69) is 52.0 Å². The molecule has 6 heteroatoms. The van der Waals surface area contributed by atoms with Crippen LogP contribution in [0.4, 0.5) is 0 Å². The number of para-hydroxylation sites is 1. The molecule has 0 radical (unpaired) electrons. The van der Waals surface area contributed by atoms with Crippen LogP contribution >= 0.6 is 24.0 Å². The van der Waals surface area contributed by atoms with Crippen LogP contribution in [0.25, 0.3) is 0 Å². The summed E-state index contributed by atoms with van der Waals surface area (Å²) in [6.07, 6.45) is 2.02. The summed E-state index contributed by atoms with van der Waals surface area (Å²) < 4.78 is 11.4. The van der Waals surface area contributed by atoms with E-state index in [1.165, 1.54) is 5.56 Å². The third-order valence-electron chi connectivity index (χ3n) is 5.37. The maximum atomic E-state index is 5.72. The summed E-state index contributed by atoms with van der Waals surface area (Å²) in [5.41, 5.74) is 2.56. The van der Waals surface area contributed by atoms with Crippen LogP contribution in [0.3, 0.4) is 0 Å². The summed E-state index contributed by atoms with van der Waals surface area (Å²) in [7, 11) is 1.81. The molecule has 158 valence electrons. The van der Waals surface area contributed by atoms with E-state index < -0.39 is 0 Å². The third-order valence-corrected chi connectivity index (χ3v) is 5.37. The summed E-state index contributed by atoms with van der Waals surface area (Å²) >= 11 is 0. The van der Waals surface area contributed by atoms with E-state index in [1.807, 2.05) is 32.2 Å². The number of ether oxygens (including phenoxy) is 2. The molecular weight excluding hydrogens is 477 g/mol. The predicted molar refractivity (Wildman–Crippen MR) is 129 cm³/mol. The van der Waals surface area contributed by atoms with E-state index in [-0.39, 0.29) is 29.4 Å². The second-order valence-electron chi connectivity index (χ2n) is 7.08. The normalized spacial score (nSPS) is 15.9. The van der Waals surface area contributed by atoms with E-state index in [0.717, 1.165) is 49.9 Å². The minimum atomic E-state index is 0. The van der Waals surface area contributed by atoms with E-state index in [9.17, 15) is 0 Å². The second-order valence-corrected chi connectivity index (χ2v) is 7.08. The standard InChI is InChI=1S/C23H31N3O2.HI/c1-3-28-21-12-8-7-9-19(21)17-25-22(24-2)26-18-23(13-15-27-16-14-23)20-10-5-4-6-11-20;/h4-12H,3,13-18H2,1-2H3,(H2,24,25,26);1H. The molecule has 2 aromatic carbocycles. The van der Waals surface area contributed by atoms with Crippen LogP contribution in [0.2, 0.25) is 0 Å². The molecule has 0 aliphatic carbocycles. The van der Waals surface area contributed by atoms with Crippen molar-refractivity contribution in [1.29, 1.82) is 0 Å². The minimum Gasteiger partial charge on any atom is -0.494 e. The van der Waals surface area contributed by atoms with Crippen LogP contribution in [-0.4, -0.2) is 39.4 Å². The molecule has 0 saturated carbocycles. The van der Waals surface area contributed by atoms with Crippen LogP contribution in [0.5, 0.6) is 5.75 Å². The zero-order valence-electron chi connectivity index (χ0n) is 17.3. The van der Waals surface area contributed by atoms with Crippen molar-refractivity contribution in [1.82, 2.24) is 10.6 Å². The molecule has 0 aromatic heterocycles. The first-order chi connectivity index (χ1) is 13.8. The van der Waals surface area contributed by atoms with Gasteiger partial charge in [0, 0.05) is 44.3 Å². The number of halogens is 1. The van der Waals surface area contributed by atoms with Crippen molar-refractivity contribution in [3.63, 3.8) is 0 Å². The summed E-state index contributed by atoms with van der Waals surface area (Å²) in [5.74, 6) is 1.71. The Hall–Kier alpha value is -1.80. The van der Waals surface area contributed by atoms with Gasteiger partial charge in [-0.2, -0.15) is 0 Å². The van der Waals surface area contributed by atoms with Crippen LogP contribution in [0.15, 0.2) is 59.6 Å². The summed E-state index contributed by atoms with van der Waals surface area (Å²) in [5, 5.41) is 6.96. The molecule has 0 unspecified atom stereocenters. The lowest BCUT2D eigenvalue weighted by atomic mass is 9.74. The Kier molecular flexibility index (Phi) is 9.73. The predicted octanol–water partition coefficient (Wildman–Crippen LogP) is 4.12. The number of rotatable bonds is 7. The Morgan fingerprint density at radius 1 is 1.03 bits per heavy atom.